The maximum Gasteiger partial charge on any atom is 0.251 e. The lowest BCUT2D eigenvalue weighted by molar-refractivity contribution is 0.0953. The highest BCUT2D eigenvalue weighted by atomic mass is 79.9. The minimum atomic E-state index is -0.102. The Morgan fingerprint density at radius 1 is 1.35 bits per heavy atom. The van der Waals surface area contributed by atoms with Gasteiger partial charge in [0.05, 0.1) is 0 Å². The van der Waals surface area contributed by atoms with Crippen LogP contribution < -0.4 is 11.1 Å². The Balaban J connectivity index is 2.39. The van der Waals surface area contributed by atoms with Gasteiger partial charge in [-0.3, -0.25) is 4.79 Å². The van der Waals surface area contributed by atoms with Crippen molar-refractivity contribution in [3.05, 3.63) is 28.2 Å². The quantitative estimate of drug-likeness (QED) is 0.555. The van der Waals surface area contributed by atoms with E-state index in [1.165, 1.54) is 0 Å². The highest BCUT2D eigenvalue weighted by molar-refractivity contribution is 9.10. The molecule has 5 heteroatoms. The molecule has 0 saturated heterocycles. The number of aliphatic hydroxyl groups excluding tert-OH is 1. The lowest BCUT2D eigenvalue weighted by Crippen LogP contribution is -2.24. The molecule has 0 unspecified atom stereocenters. The van der Waals surface area contributed by atoms with Gasteiger partial charge in [-0.25, -0.2) is 0 Å². The smallest absolute Gasteiger partial charge is 0.251 e. The number of halogens is 1. The predicted molar refractivity (Wildman–Crippen MR) is 71.8 cm³/mol. The largest absolute Gasteiger partial charge is 0.398 e. The van der Waals surface area contributed by atoms with Crippen molar-refractivity contribution in [3.63, 3.8) is 0 Å². The molecule has 0 bridgehead atoms. The second-order valence-electron chi connectivity index (χ2n) is 3.78. The monoisotopic (exact) mass is 300 g/mol. The number of anilines is 1. The first-order chi connectivity index (χ1) is 8.15. The summed E-state index contributed by atoms with van der Waals surface area (Å²) in [6.07, 6.45) is 2.58. The van der Waals surface area contributed by atoms with E-state index in [-0.39, 0.29) is 12.5 Å². The molecule has 4 N–H and O–H groups in total. The highest BCUT2D eigenvalue weighted by Gasteiger charge is 2.06. The van der Waals surface area contributed by atoms with Crippen molar-refractivity contribution in [2.45, 2.75) is 19.3 Å². The van der Waals surface area contributed by atoms with Crippen LogP contribution in [-0.4, -0.2) is 24.2 Å². The lowest BCUT2D eigenvalue weighted by atomic mass is 10.2. The number of aliphatic hydroxyl groups is 1. The summed E-state index contributed by atoms with van der Waals surface area (Å²) in [5, 5.41) is 11.4. The number of rotatable bonds is 6. The number of benzene rings is 1. The Bertz CT molecular complexity index is 383. The molecular weight excluding hydrogens is 284 g/mol. The van der Waals surface area contributed by atoms with E-state index in [0.29, 0.717) is 17.8 Å². The van der Waals surface area contributed by atoms with E-state index in [0.717, 1.165) is 23.7 Å². The molecule has 0 aliphatic rings. The molecule has 0 spiro atoms. The summed E-state index contributed by atoms with van der Waals surface area (Å²) in [6.45, 7) is 0.833. The third kappa shape index (κ3) is 4.75. The van der Waals surface area contributed by atoms with Crippen LogP contribution in [0.5, 0.6) is 0 Å². The van der Waals surface area contributed by atoms with Gasteiger partial charge in [0.25, 0.3) is 5.91 Å². The molecule has 0 radical (unpaired) electrons. The summed E-state index contributed by atoms with van der Waals surface area (Å²) < 4.78 is 0.727. The van der Waals surface area contributed by atoms with Crippen LogP contribution in [0, 0.1) is 0 Å². The average Bonchev–Trinajstić information content (AvgIpc) is 2.32. The Morgan fingerprint density at radius 2 is 2.12 bits per heavy atom. The fourth-order valence-electron chi connectivity index (χ4n) is 1.39. The van der Waals surface area contributed by atoms with E-state index in [1.54, 1.807) is 18.2 Å². The van der Waals surface area contributed by atoms with Crippen LogP contribution in [0.25, 0.3) is 0 Å². The summed E-state index contributed by atoms with van der Waals surface area (Å²) >= 11 is 3.28. The summed E-state index contributed by atoms with van der Waals surface area (Å²) in [6, 6.07) is 5.10. The molecule has 1 aromatic carbocycles. The SMILES string of the molecule is Nc1ccc(C(=O)NCCCCCO)cc1Br. The zero-order valence-corrected chi connectivity index (χ0v) is 11.2. The van der Waals surface area contributed by atoms with Gasteiger partial charge in [-0.2, -0.15) is 0 Å². The van der Waals surface area contributed by atoms with Gasteiger partial charge in [0, 0.05) is 28.9 Å². The Kier molecular flexibility index (Phi) is 6.00. The predicted octanol–water partition coefficient (Wildman–Crippen LogP) is 1.92. The second-order valence-corrected chi connectivity index (χ2v) is 4.63. The minimum Gasteiger partial charge on any atom is -0.398 e. The van der Waals surface area contributed by atoms with Gasteiger partial charge in [0.15, 0.2) is 0 Å². The average molecular weight is 301 g/mol. The molecule has 0 fully saturated rings. The van der Waals surface area contributed by atoms with Gasteiger partial charge in [0.2, 0.25) is 0 Å². The van der Waals surface area contributed by atoms with Crippen molar-refractivity contribution < 1.29 is 9.90 Å². The fraction of sp³-hybridized carbons (Fsp3) is 0.417. The Hall–Kier alpha value is -1.07. The van der Waals surface area contributed by atoms with Crippen molar-refractivity contribution in [3.8, 4) is 0 Å². The van der Waals surface area contributed by atoms with Crippen molar-refractivity contribution in [1.82, 2.24) is 5.32 Å². The molecular formula is C12H17BrN2O2. The number of amides is 1. The maximum atomic E-state index is 11.7. The molecule has 1 amide bonds. The standard InChI is InChI=1S/C12H17BrN2O2/c13-10-8-9(4-5-11(10)14)12(17)15-6-2-1-3-7-16/h4-5,8,16H,1-3,6-7,14H2,(H,15,17). The van der Waals surface area contributed by atoms with Crippen molar-refractivity contribution in [2.24, 2.45) is 0 Å². The highest BCUT2D eigenvalue weighted by Crippen LogP contribution is 2.20. The van der Waals surface area contributed by atoms with Gasteiger partial charge in [0.1, 0.15) is 0 Å². The van der Waals surface area contributed by atoms with E-state index < -0.39 is 0 Å². The first kappa shape index (κ1) is 14.0. The zero-order valence-electron chi connectivity index (χ0n) is 9.58. The van der Waals surface area contributed by atoms with E-state index in [4.69, 9.17) is 10.8 Å². The molecule has 0 saturated carbocycles. The molecule has 0 aliphatic carbocycles. The molecule has 0 heterocycles. The Morgan fingerprint density at radius 3 is 2.76 bits per heavy atom. The van der Waals surface area contributed by atoms with Crippen LogP contribution in [0.1, 0.15) is 29.6 Å². The van der Waals surface area contributed by atoms with E-state index in [1.807, 2.05) is 0 Å². The van der Waals surface area contributed by atoms with Crippen molar-refractivity contribution in [1.29, 1.82) is 0 Å². The number of nitrogens with two attached hydrogens (primary N) is 1. The van der Waals surface area contributed by atoms with Crippen LogP contribution >= 0.6 is 15.9 Å². The molecule has 0 aliphatic heterocycles. The number of unbranched alkanes of at least 4 members (excludes halogenated alkanes) is 2. The van der Waals surface area contributed by atoms with Crippen LogP contribution in [-0.2, 0) is 0 Å². The molecule has 4 nitrogen and oxygen atoms in total. The lowest BCUT2D eigenvalue weighted by Gasteiger charge is -2.06. The van der Waals surface area contributed by atoms with E-state index in [9.17, 15) is 4.79 Å². The van der Waals surface area contributed by atoms with Crippen LogP contribution in [0.3, 0.4) is 0 Å². The molecule has 0 aromatic heterocycles. The van der Waals surface area contributed by atoms with Crippen LogP contribution in [0.15, 0.2) is 22.7 Å². The Labute approximate surface area is 109 Å². The number of nitrogens with one attached hydrogen (secondary N) is 1. The normalized spacial score (nSPS) is 10.2. The van der Waals surface area contributed by atoms with E-state index in [2.05, 4.69) is 21.2 Å². The molecule has 1 aromatic rings. The number of carbonyl (C=O) groups excluding carboxylic acids is 1. The maximum absolute atomic E-state index is 11.7. The number of hydrogen-bond acceptors (Lipinski definition) is 3. The van der Waals surface area contributed by atoms with Gasteiger partial charge < -0.3 is 16.2 Å². The van der Waals surface area contributed by atoms with Crippen LogP contribution in [0.4, 0.5) is 5.69 Å². The summed E-state index contributed by atoms with van der Waals surface area (Å²) in [4.78, 5) is 11.7. The fourth-order valence-corrected chi connectivity index (χ4v) is 1.76. The second kappa shape index (κ2) is 7.29. The summed E-state index contributed by atoms with van der Waals surface area (Å²) in [7, 11) is 0. The third-order valence-corrected chi connectivity index (χ3v) is 3.07. The number of carbonyl (C=O) groups is 1. The summed E-state index contributed by atoms with van der Waals surface area (Å²) in [5.74, 6) is -0.102. The number of hydrogen-bond donors (Lipinski definition) is 3. The summed E-state index contributed by atoms with van der Waals surface area (Å²) in [5.41, 5.74) is 6.85. The van der Waals surface area contributed by atoms with Crippen molar-refractivity contribution in [2.75, 3.05) is 18.9 Å². The first-order valence-corrected chi connectivity index (χ1v) is 6.38. The molecule has 17 heavy (non-hydrogen) atoms. The van der Waals surface area contributed by atoms with Gasteiger partial charge in [-0.05, 0) is 53.4 Å². The molecule has 94 valence electrons. The first-order valence-electron chi connectivity index (χ1n) is 5.59. The van der Waals surface area contributed by atoms with Gasteiger partial charge >= 0.3 is 0 Å². The minimum absolute atomic E-state index is 0.102. The molecule has 0 atom stereocenters. The zero-order chi connectivity index (χ0) is 12.7. The molecule has 1 rings (SSSR count). The topological polar surface area (TPSA) is 75.4 Å². The van der Waals surface area contributed by atoms with Gasteiger partial charge in [-0.1, -0.05) is 0 Å². The van der Waals surface area contributed by atoms with Crippen molar-refractivity contribution >= 4 is 27.5 Å². The van der Waals surface area contributed by atoms with Gasteiger partial charge in [-0.15, -0.1) is 0 Å². The third-order valence-electron chi connectivity index (χ3n) is 2.38. The van der Waals surface area contributed by atoms with E-state index >= 15 is 0 Å². The van der Waals surface area contributed by atoms with Crippen LogP contribution in [0.2, 0.25) is 0 Å². The number of nitrogen functional groups attached to an aromatic ring is 1.